The number of carbonyl (C=O) groups is 1. The number of hydrogen-bond donors (Lipinski definition) is 2. The van der Waals surface area contributed by atoms with E-state index in [1.165, 1.54) is 12.1 Å². The number of hydrogen-bond acceptors (Lipinski definition) is 4. The number of nitrogens with two attached hydrogens (primary N) is 1. The molecule has 5 nitrogen and oxygen atoms in total. The number of amides is 1. The number of carbonyl (C=O) groups excluding carboxylic acids is 1. The zero-order chi connectivity index (χ0) is 19.2. The first-order valence-electron chi connectivity index (χ1n) is 8.18. The average molecular weight is 373 g/mol. The summed E-state index contributed by atoms with van der Waals surface area (Å²) in [6.07, 6.45) is -4.75. The van der Waals surface area contributed by atoms with Crippen molar-refractivity contribution in [2.45, 2.75) is 37.9 Å². The van der Waals surface area contributed by atoms with Crippen LogP contribution in [0, 0.1) is 11.2 Å². The van der Waals surface area contributed by atoms with Crippen LogP contribution < -0.4 is 11.1 Å². The van der Waals surface area contributed by atoms with E-state index in [1.807, 2.05) is 0 Å². The zero-order valence-corrected chi connectivity index (χ0v) is 14.1. The van der Waals surface area contributed by atoms with Crippen LogP contribution in [0.15, 0.2) is 23.2 Å². The number of halogens is 4. The van der Waals surface area contributed by atoms with Crippen molar-refractivity contribution in [2.24, 2.45) is 16.1 Å². The smallest absolute Gasteiger partial charge is 0.386 e. The van der Waals surface area contributed by atoms with Gasteiger partial charge in [-0.3, -0.25) is 9.79 Å². The van der Waals surface area contributed by atoms with E-state index in [4.69, 9.17) is 10.5 Å². The highest BCUT2D eigenvalue weighted by molar-refractivity contribution is 5.98. The lowest BCUT2D eigenvalue weighted by atomic mass is 9.88. The third-order valence-corrected chi connectivity index (χ3v) is 4.91. The predicted octanol–water partition coefficient (Wildman–Crippen LogP) is 3.10. The molecule has 3 rings (SSSR count). The Morgan fingerprint density at radius 1 is 1.31 bits per heavy atom. The minimum Gasteiger partial charge on any atom is -0.386 e. The average Bonchev–Trinajstić information content (AvgIpc) is 3.35. The van der Waals surface area contributed by atoms with Crippen LogP contribution in [0.2, 0.25) is 0 Å². The normalized spacial score (nSPS) is 25.2. The minimum absolute atomic E-state index is 0.0853. The monoisotopic (exact) mass is 373 g/mol. The molecule has 3 N–H and O–H groups in total. The van der Waals surface area contributed by atoms with Gasteiger partial charge in [-0.15, -0.1) is 0 Å². The highest BCUT2D eigenvalue weighted by Gasteiger charge is 2.68. The van der Waals surface area contributed by atoms with Gasteiger partial charge in [0.2, 0.25) is 5.91 Å². The second kappa shape index (κ2) is 6.22. The highest BCUT2D eigenvalue weighted by atomic mass is 19.4. The van der Waals surface area contributed by atoms with E-state index in [2.05, 4.69) is 10.3 Å². The van der Waals surface area contributed by atoms with Gasteiger partial charge in [0.1, 0.15) is 23.7 Å². The molecule has 1 aliphatic heterocycles. The third kappa shape index (κ3) is 3.27. The Bertz CT molecular complexity index is 759. The van der Waals surface area contributed by atoms with Crippen LogP contribution in [0.4, 0.5) is 23.2 Å². The molecular formula is C17H19F4N3O2. The quantitative estimate of drug-likeness (QED) is 0.800. The lowest BCUT2D eigenvalue weighted by molar-refractivity contribution is -0.189. The standard InChI is InChI=1S/C17H19F4N3O2/c1-15(6-7-26-9-13(22)24-15)11-8-10(2-3-12(11)18)23-14(25)16(4-5-16)17(19,20)21/h2-3,8H,4-7,9H2,1H3,(H2,22,24)(H,23,25). The summed E-state index contributed by atoms with van der Waals surface area (Å²) in [4.78, 5) is 16.4. The first-order valence-corrected chi connectivity index (χ1v) is 8.18. The zero-order valence-electron chi connectivity index (χ0n) is 14.1. The van der Waals surface area contributed by atoms with E-state index in [1.54, 1.807) is 6.92 Å². The molecule has 1 aromatic carbocycles. The molecule has 1 amide bonds. The van der Waals surface area contributed by atoms with Gasteiger partial charge in [-0.25, -0.2) is 4.39 Å². The van der Waals surface area contributed by atoms with Crippen molar-refractivity contribution in [3.8, 4) is 0 Å². The predicted molar refractivity (Wildman–Crippen MR) is 87.2 cm³/mol. The minimum atomic E-state index is -4.61. The van der Waals surface area contributed by atoms with Crippen LogP contribution >= 0.6 is 0 Å². The molecule has 142 valence electrons. The summed E-state index contributed by atoms with van der Waals surface area (Å²) in [7, 11) is 0. The van der Waals surface area contributed by atoms with Gasteiger partial charge >= 0.3 is 6.18 Å². The maximum absolute atomic E-state index is 14.4. The first-order chi connectivity index (χ1) is 12.1. The van der Waals surface area contributed by atoms with Gasteiger partial charge in [0.05, 0.1) is 5.54 Å². The fraction of sp³-hybridized carbons (Fsp3) is 0.529. The maximum Gasteiger partial charge on any atom is 0.403 e. The maximum atomic E-state index is 14.4. The molecule has 2 aliphatic rings. The molecular weight excluding hydrogens is 354 g/mol. The topological polar surface area (TPSA) is 76.7 Å². The van der Waals surface area contributed by atoms with Crippen molar-refractivity contribution in [2.75, 3.05) is 18.5 Å². The summed E-state index contributed by atoms with van der Waals surface area (Å²) in [5.74, 6) is -1.51. The second-order valence-corrected chi connectivity index (χ2v) is 6.91. The molecule has 1 unspecified atom stereocenters. The lowest BCUT2D eigenvalue weighted by Gasteiger charge is -2.26. The molecule has 9 heteroatoms. The van der Waals surface area contributed by atoms with Gasteiger partial charge in [-0.05, 0) is 44.4 Å². The van der Waals surface area contributed by atoms with Gasteiger partial charge in [-0.1, -0.05) is 0 Å². The number of nitrogens with one attached hydrogen (secondary N) is 1. The van der Waals surface area contributed by atoms with Crippen molar-refractivity contribution in [3.63, 3.8) is 0 Å². The molecule has 1 heterocycles. The third-order valence-electron chi connectivity index (χ3n) is 4.91. The van der Waals surface area contributed by atoms with Crippen LogP contribution in [-0.2, 0) is 15.1 Å². The number of rotatable bonds is 3. The fourth-order valence-electron chi connectivity index (χ4n) is 3.08. The molecule has 1 aliphatic carbocycles. The molecule has 0 aromatic heterocycles. The SMILES string of the molecule is CC1(c2cc(NC(=O)C3(C(F)(F)F)CC3)ccc2F)CCOCC(N)=N1. The van der Waals surface area contributed by atoms with Crippen molar-refractivity contribution < 1.29 is 27.1 Å². The Morgan fingerprint density at radius 2 is 2.00 bits per heavy atom. The van der Waals surface area contributed by atoms with E-state index in [0.717, 1.165) is 6.07 Å². The van der Waals surface area contributed by atoms with Crippen molar-refractivity contribution >= 4 is 17.4 Å². The Labute approximate surface area is 147 Å². The number of nitrogens with zero attached hydrogens (tertiary/aromatic N) is 1. The van der Waals surface area contributed by atoms with Gasteiger partial charge in [0, 0.05) is 17.9 Å². The summed E-state index contributed by atoms with van der Waals surface area (Å²) in [5, 5.41) is 2.27. The molecule has 0 spiro atoms. The van der Waals surface area contributed by atoms with Crippen LogP contribution in [-0.4, -0.2) is 31.1 Å². The summed E-state index contributed by atoms with van der Waals surface area (Å²) in [5.41, 5.74) is 2.58. The van der Waals surface area contributed by atoms with E-state index in [9.17, 15) is 22.4 Å². The fourth-order valence-corrected chi connectivity index (χ4v) is 3.08. The van der Waals surface area contributed by atoms with Crippen LogP contribution in [0.5, 0.6) is 0 Å². The number of alkyl halides is 3. The largest absolute Gasteiger partial charge is 0.403 e. The molecule has 1 saturated carbocycles. The Hall–Kier alpha value is -2.16. The lowest BCUT2D eigenvalue weighted by Crippen LogP contribution is -2.37. The Morgan fingerprint density at radius 3 is 2.62 bits per heavy atom. The van der Waals surface area contributed by atoms with Gasteiger partial charge in [0.25, 0.3) is 0 Å². The number of benzene rings is 1. The highest BCUT2D eigenvalue weighted by Crippen LogP contribution is 2.58. The molecule has 0 radical (unpaired) electrons. The Kier molecular flexibility index (Phi) is 4.46. The number of anilines is 1. The molecule has 1 atom stereocenters. The van der Waals surface area contributed by atoms with Crippen LogP contribution in [0.25, 0.3) is 0 Å². The summed E-state index contributed by atoms with van der Waals surface area (Å²) < 4.78 is 58.9. The summed E-state index contributed by atoms with van der Waals surface area (Å²) in [6.45, 7) is 2.09. The Balaban J connectivity index is 1.89. The molecule has 26 heavy (non-hydrogen) atoms. The first kappa shape index (κ1) is 18.6. The van der Waals surface area contributed by atoms with E-state index < -0.39 is 28.9 Å². The van der Waals surface area contributed by atoms with E-state index >= 15 is 0 Å². The van der Waals surface area contributed by atoms with E-state index in [-0.39, 0.29) is 36.5 Å². The summed E-state index contributed by atoms with van der Waals surface area (Å²) >= 11 is 0. The van der Waals surface area contributed by atoms with Crippen molar-refractivity contribution in [1.29, 1.82) is 0 Å². The number of aliphatic imine (C=N–C) groups is 1. The van der Waals surface area contributed by atoms with Crippen molar-refractivity contribution in [3.05, 3.63) is 29.6 Å². The van der Waals surface area contributed by atoms with E-state index in [0.29, 0.717) is 13.0 Å². The number of ether oxygens (including phenoxy) is 1. The number of amidine groups is 1. The molecule has 0 bridgehead atoms. The molecule has 1 fully saturated rings. The second-order valence-electron chi connectivity index (χ2n) is 6.91. The van der Waals surface area contributed by atoms with Crippen LogP contribution in [0.3, 0.4) is 0 Å². The summed E-state index contributed by atoms with van der Waals surface area (Å²) in [6, 6.07) is 3.63. The van der Waals surface area contributed by atoms with Gasteiger partial charge < -0.3 is 15.8 Å². The van der Waals surface area contributed by atoms with Crippen molar-refractivity contribution in [1.82, 2.24) is 0 Å². The van der Waals surface area contributed by atoms with Gasteiger partial charge in [-0.2, -0.15) is 13.2 Å². The molecule has 1 aromatic rings. The van der Waals surface area contributed by atoms with Crippen LogP contribution in [0.1, 0.15) is 31.7 Å². The van der Waals surface area contributed by atoms with Gasteiger partial charge in [0.15, 0.2) is 0 Å². The molecule has 0 saturated heterocycles.